The van der Waals surface area contributed by atoms with E-state index in [1.807, 2.05) is 0 Å². The SMILES string of the molecule is CNC(=O)c1cccc(NC(=O)C(C)Oc2ccc(F)cc2)c1. The number of anilines is 1. The summed E-state index contributed by atoms with van der Waals surface area (Å²) in [6, 6.07) is 12.0. The molecule has 1 atom stereocenters. The van der Waals surface area contributed by atoms with Crippen LogP contribution in [0.5, 0.6) is 5.75 Å². The highest BCUT2D eigenvalue weighted by Gasteiger charge is 2.15. The van der Waals surface area contributed by atoms with Crippen LogP contribution in [0.1, 0.15) is 17.3 Å². The first-order valence-electron chi connectivity index (χ1n) is 7.05. The Labute approximate surface area is 133 Å². The molecule has 0 aliphatic heterocycles. The Morgan fingerprint density at radius 1 is 1.13 bits per heavy atom. The number of benzene rings is 2. The van der Waals surface area contributed by atoms with Crippen LogP contribution in [0, 0.1) is 5.82 Å². The molecule has 0 radical (unpaired) electrons. The zero-order chi connectivity index (χ0) is 16.8. The third-order valence-electron chi connectivity index (χ3n) is 3.12. The Balaban J connectivity index is 2.00. The highest BCUT2D eigenvalue weighted by atomic mass is 19.1. The minimum Gasteiger partial charge on any atom is -0.481 e. The lowest BCUT2D eigenvalue weighted by atomic mass is 10.2. The van der Waals surface area contributed by atoms with Crippen LogP contribution < -0.4 is 15.4 Å². The van der Waals surface area contributed by atoms with Crippen LogP contribution >= 0.6 is 0 Å². The lowest BCUT2D eigenvalue weighted by Crippen LogP contribution is -2.30. The summed E-state index contributed by atoms with van der Waals surface area (Å²) in [6.45, 7) is 1.58. The van der Waals surface area contributed by atoms with Crippen LogP contribution in [0.4, 0.5) is 10.1 Å². The quantitative estimate of drug-likeness (QED) is 0.891. The summed E-state index contributed by atoms with van der Waals surface area (Å²) in [4.78, 5) is 23.7. The van der Waals surface area contributed by atoms with Crippen LogP contribution in [0.25, 0.3) is 0 Å². The smallest absolute Gasteiger partial charge is 0.265 e. The molecule has 2 rings (SSSR count). The molecule has 0 aromatic heterocycles. The molecule has 23 heavy (non-hydrogen) atoms. The molecule has 0 aliphatic carbocycles. The van der Waals surface area contributed by atoms with Crippen molar-refractivity contribution in [3.63, 3.8) is 0 Å². The van der Waals surface area contributed by atoms with Gasteiger partial charge in [-0.15, -0.1) is 0 Å². The molecular weight excluding hydrogens is 299 g/mol. The fourth-order valence-corrected chi connectivity index (χ4v) is 1.90. The molecule has 0 fully saturated rings. The number of ether oxygens (including phenoxy) is 1. The van der Waals surface area contributed by atoms with Gasteiger partial charge in [0.15, 0.2) is 6.10 Å². The standard InChI is InChI=1S/C17H17FN2O3/c1-11(23-15-8-6-13(18)7-9-15)16(21)20-14-5-3-4-12(10-14)17(22)19-2/h3-11H,1-2H3,(H,19,22)(H,20,21). The van der Waals surface area contributed by atoms with E-state index in [1.165, 1.54) is 31.3 Å². The zero-order valence-corrected chi connectivity index (χ0v) is 12.8. The Morgan fingerprint density at radius 2 is 1.83 bits per heavy atom. The largest absolute Gasteiger partial charge is 0.481 e. The van der Waals surface area contributed by atoms with E-state index in [9.17, 15) is 14.0 Å². The highest BCUT2D eigenvalue weighted by molar-refractivity contribution is 5.98. The monoisotopic (exact) mass is 316 g/mol. The number of hydrogen-bond acceptors (Lipinski definition) is 3. The topological polar surface area (TPSA) is 67.4 Å². The van der Waals surface area contributed by atoms with Gasteiger partial charge in [0.25, 0.3) is 11.8 Å². The van der Waals surface area contributed by atoms with Gasteiger partial charge in [0.2, 0.25) is 0 Å². The van der Waals surface area contributed by atoms with E-state index in [1.54, 1.807) is 31.2 Å². The summed E-state index contributed by atoms with van der Waals surface area (Å²) in [5.74, 6) is -0.589. The maximum atomic E-state index is 12.8. The average molecular weight is 316 g/mol. The first kappa shape index (κ1) is 16.5. The number of carbonyl (C=O) groups excluding carboxylic acids is 2. The van der Waals surface area contributed by atoms with Crippen molar-refractivity contribution >= 4 is 17.5 Å². The summed E-state index contributed by atoms with van der Waals surface area (Å²) >= 11 is 0. The van der Waals surface area contributed by atoms with Crippen LogP contribution in [-0.4, -0.2) is 25.0 Å². The van der Waals surface area contributed by atoms with E-state index in [4.69, 9.17) is 4.74 Å². The highest BCUT2D eigenvalue weighted by Crippen LogP contribution is 2.15. The van der Waals surface area contributed by atoms with Gasteiger partial charge in [0.1, 0.15) is 11.6 Å². The van der Waals surface area contributed by atoms with Crippen molar-refractivity contribution < 1.29 is 18.7 Å². The second kappa shape index (κ2) is 7.40. The van der Waals surface area contributed by atoms with Gasteiger partial charge < -0.3 is 15.4 Å². The lowest BCUT2D eigenvalue weighted by molar-refractivity contribution is -0.122. The van der Waals surface area contributed by atoms with Crippen LogP contribution in [0.15, 0.2) is 48.5 Å². The molecular formula is C17H17FN2O3. The summed E-state index contributed by atoms with van der Waals surface area (Å²) in [7, 11) is 1.53. The normalized spacial score (nSPS) is 11.4. The molecule has 0 saturated carbocycles. The van der Waals surface area contributed by atoms with Crippen LogP contribution in [0.3, 0.4) is 0 Å². The molecule has 2 N–H and O–H groups in total. The molecule has 0 saturated heterocycles. The fourth-order valence-electron chi connectivity index (χ4n) is 1.90. The number of halogens is 1. The second-order valence-corrected chi connectivity index (χ2v) is 4.86. The molecule has 120 valence electrons. The molecule has 0 aliphatic rings. The third-order valence-corrected chi connectivity index (χ3v) is 3.12. The molecule has 0 heterocycles. The molecule has 5 nitrogen and oxygen atoms in total. The van der Waals surface area contributed by atoms with Crippen molar-refractivity contribution in [1.82, 2.24) is 5.32 Å². The number of hydrogen-bond donors (Lipinski definition) is 2. The third kappa shape index (κ3) is 4.54. The molecule has 1 unspecified atom stereocenters. The zero-order valence-electron chi connectivity index (χ0n) is 12.8. The average Bonchev–Trinajstić information content (AvgIpc) is 2.56. The molecule has 2 aromatic carbocycles. The lowest BCUT2D eigenvalue weighted by Gasteiger charge is -2.15. The van der Waals surface area contributed by atoms with Gasteiger partial charge >= 0.3 is 0 Å². The molecule has 6 heteroatoms. The number of nitrogens with one attached hydrogen (secondary N) is 2. The van der Waals surface area contributed by atoms with Crippen molar-refractivity contribution in [1.29, 1.82) is 0 Å². The van der Waals surface area contributed by atoms with Crippen LogP contribution in [0.2, 0.25) is 0 Å². The maximum Gasteiger partial charge on any atom is 0.265 e. The molecule has 0 bridgehead atoms. The van der Waals surface area contributed by atoms with Gasteiger partial charge in [-0.3, -0.25) is 9.59 Å². The second-order valence-electron chi connectivity index (χ2n) is 4.86. The fraction of sp³-hybridized carbons (Fsp3) is 0.176. The van der Waals surface area contributed by atoms with Gasteiger partial charge in [0, 0.05) is 18.3 Å². The van der Waals surface area contributed by atoms with Gasteiger partial charge in [0.05, 0.1) is 0 Å². The van der Waals surface area contributed by atoms with E-state index in [2.05, 4.69) is 10.6 Å². The van der Waals surface area contributed by atoms with Gasteiger partial charge in [-0.25, -0.2) is 4.39 Å². The van der Waals surface area contributed by atoms with Gasteiger partial charge in [-0.05, 0) is 49.4 Å². The summed E-state index contributed by atoms with van der Waals surface area (Å²) in [5, 5.41) is 5.19. The predicted molar refractivity (Wildman–Crippen MR) is 85.0 cm³/mol. The van der Waals surface area contributed by atoms with Crippen molar-refractivity contribution in [2.75, 3.05) is 12.4 Å². The summed E-state index contributed by atoms with van der Waals surface area (Å²) in [5.41, 5.74) is 0.933. The van der Waals surface area contributed by atoms with Crippen molar-refractivity contribution in [2.45, 2.75) is 13.0 Å². The van der Waals surface area contributed by atoms with E-state index in [0.29, 0.717) is 17.0 Å². The first-order chi connectivity index (χ1) is 11.0. The number of carbonyl (C=O) groups is 2. The van der Waals surface area contributed by atoms with E-state index >= 15 is 0 Å². The van der Waals surface area contributed by atoms with E-state index in [-0.39, 0.29) is 17.6 Å². The van der Waals surface area contributed by atoms with Gasteiger partial charge in [-0.2, -0.15) is 0 Å². The van der Waals surface area contributed by atoms with Crippen molar-refractivity contribution in [3.05, 3.63) is 59.9 Å². The van der Waals surface area contributed by atoms with Crippen LogP contribution in [-0.2, 0) is 4.79 Å². The first-order valence-corrected chi connectivity index (χ1v) is 7.05. The Hall–Kier alpha value is -2.89. The Bertz CT molecular complexity index is 701. The molecule has 0 spiro atoms. The summed E-state index contributed by atoms with van der Waals surface area (Å²) in [6.07, 6.45) is -0.774. The Kier molecular flexibility index (Phi) is 5.30. The minimum atomic E-state index is -0.774. The van der Waals surface area contributed by atoms with Gasteiger partial charge in [-0.1, -0.05) is 6.07 Å². The number of rotatable bonds is 5. The molecule has 2 amide bonds. The van der Waals surface area contributed by atoms with Crippen molar-refractivity contribution in [3.8, 4) is 5.75 Å². The van der Waals surface area contributed by atoms with E-state index < -0.39 is 6.10 Å². The summed E-state index contributed by atoms with van der Waals surface area (Å²) < 4.78 is 18.3. The molecule has 2 aromatic rings. The number of amides is 2. The van der Waals surface area contributed by atoms with E-state index in [0.717, 1.165) is 0 Å². The predicted octanol–water partition coefficient (Wildman–Crippen LogP) is 2.59. The minimum absolute atomic E-state index is 0.239. The maximum absolute atomic E-state index is 12.8. The van der Waals surface area contributed by atoms with Crippen molar-refractivity contribution in [2.24, 2.45) is 0 Å². The Morgan fingerprint density at radius 3 is 2.48 bits per heavy atom.